The van der Waals surface area contributed by atoms with Crippen LogP contribution in [-0.2, 0) is 4.79 Å². The molecule has 0 fully saturated rings. The summed E-state index contributed by atoms with van der Waals surface area (Å²) in [5.74, 6) is 5.65. The fourth-order valence-electron chi connectivity index (χ4n) is 0.762. The number of carbonyl (C=O) groups excluding carboxylic acids is 1. The highest BCUT2D eigenvalue weighted by molar-refractivity contribution is 8.00. The Bertz CT molecular complexity index is 133. The predicted molar refractivity (Wildman–Crippen MR) is 50.6 cm³/mol. The Balaban J connectivity index is 3.60. The van der Waals surface area contributed by atoms with Crippen LogP contribution in [0, 0.1) is 0 Å². The maximum absolute atomic E-state index is 11.0. The number of aliphatic hydroxyl groups excluding tert-OH is 1. The van der Waals surface area contributed by atoms with Crippen molar-refractivity contribution < 1.29 is 9.90 Å². The molecule has 0 aromatic heterocycles. The minimum absolute atomic E-state index is 0.0819. The van der Waals surface area contributed by atoms with Crippen LogP contribution in [-0.4, -0.2) is 28.6 Å². The minimum Gasteiger partial charge on any atom is -0.396 e. The average Bonchev–Trinajstić information content (AvgIpc) is 2.11. The standard InChI is InChI=1S/C7H16N2O2S/c1-2-6(7(11)9-8)12-5-3-4-10/h6,10H,2-5,8H2,1H3,(H,9,11). The molecule has 4 nitrogen and oxygen atoms in total. The van der Waals surface area contributed by atoms with E-state index in [1.54, 1.807) is 0 Å². The lowest BCUT2D eigenvalue weighted by atomic mass is 10.3. The molecule has 0 aromatic rings. The summed E-state index contributed by atoms with van der Waals surface area (Å²) in [6, 6.07) is 0. The van der Waals surface area contributed by atoms with E-state index in [1.165, 1.54) is 11.8 Å². The largest absolute Gasteiger partial charge is 0.396 e. The van der Waals surface area contributed by atoms with Crippen LogP contribution in [0.2, 0.25) is 0 Å². The Hall–Kier alpha value is -0.260. The number of nitrogens with two attached hydrogens (primary N) is 1. The van der Waals surface area contributed by atoms with E-state index in [9.17, 15) is 4.79 Å². The predicted octanol–water partition coefficient (Wildman–Crippen LogP) is -0.130. The van der Waals surface area contributed by atoms with Gasteiger partial charge in [-0.25, -0.2) is 5.84 Å². The summed E-state index contributed by atoms with van der Waals surface area (Å²) in [6.45, 7) is 2.11. The van der Waals surface area contributed by atoms with Crippen molar-refractivity contribution in [3.8, 4) is 0 Å². The highest BCUT2D eigenvalue weighted by Crippen LogP contribution is 2.14. The van der Waals surface area contributed by atoms with Gasteiger partial charge in [-0.05, 0) is 18.6 Å². The van der Waals surface area contributed by atoms with E-state index in [1.807, 2.05) is 6.92 Å². The summed E-state index contributed by atoms with van der Waals surface area (Å²) in [6.07, 6.45) is 1.48. The molecule has 0 aliphatic heterocycles. The van der Waals surface area contributed by atoms with E-state index in [0.29, 0.717) is 0 Å². The summed E-state index contributed by atoms with van der Waals surface area (Å²) < 4.78 is 0. The van der Waals surface area contributed by atoms with Gasteiger partial charge in [0.1, 0.15) is 0 Å². The summed E-state index contributed by atoms with van der Waals surface area (Å²) in [5, 5.41) is 8.43. The Morgan fingerprint density at radius 1 is 1.75 bits per heavy atom. The summed E-state index contributed by atoms with van der Waals surface area (Å²) in [7, 11) is 0. The van der Waals surface area contributed by atoms with Gasteiger partial charge in [-0.15, -0.1) is 11.8 Å². The fourth-order valence-corrected chi connectivity index (χ4v) is 1.80. The average molecular weight is 192 g/mol. The van der Waals surface area contributed by atoms with E-state index in [-0.39, 0.29) is 17.8 Å². The van der Waals surface area contributed by atoms with Gasteiger partial charge in [-0.3, -0.25) is 10.2 Å². The lowest BCUT2D eigenvalue weighted by Crippen LogP contribution is -2.37. The lowest BCUT2D eigenvalue weighted by molar-refractivity contribution is -0.120. The van der Waals surface area contributed by atoms with Gasteiger partial charge in [0, 0.05) is 6.61 Å². The zero-order valence-corrected chi connectivity index (χ0v) is 8.06. The van der Waals surface area contributed by atoms with Crippen LogP contribution in [0.5, 0.6) is 0 Å². The van der Waals surface area contributed by atoms with Gasteiger partial charge in [-0.2, -0.15) is 0 Å². The Labute approximate surface area is 76.9 Å². The molecule has 0 radical (unpaired) electrons. The quantitative estimate of drug-likeness (QED) is 0.237. The lowest BCUT2D eigenvalue weighted by Gasteiger charge is -2.11. The molecular formula is C7H16N2O2S. The molecule has 0 aliphatic carbocycles. The number of rotatable bonds is 6. The van der Waals surface area contributed by atoms with Crippen LogP contribution in [0.1, 0.15) is 19.8 Å². The summed E-state index contributed by atoms with van der Waals surface area (Å²) in [4.78, 5) is 11.0. The number of carbonyl (C=O) groups is 1. The highest BCUT2D eigenvalue weighted by atomic mass is 32.2. The summed E-state index contributed by atoms with van der Waals surface area (Å²) >= 11 is 1.53. The SMILES string of the molecule is CCC(SCCCO)C(=O)NN. The van der Waals surface area contributed by atoms with E-state index < -0.39 is 0 Å². The second kappa shape index (κ2) is 7.39. The Morgan fingerprint density at radius 3 is 2.83 bits per heavy atom. The molecule has 1 amide bonds. The van der Waals surface area contributed by atoms with Crippen molar-refractivity contribution in [3.05, 3.63) is 0 Å². The molecule has 0 aromatic carbocycles. The highest BCUT2D eigenvalue weighted by Gasteiger charge is 2.14. The van der Waals surface area contributed by atoms with E-state index >= 15 is 0 Å². The zero-order chi connectivity index (χ0) is 9.40. The molecule has 0 saturated heterocycles. The molecule has 5 heteroatoms. The molecule has 4 N–H and O–H groups in total. The van der Waals surface area contributed by atoms with E-state index in [4.69, 9.17) is 10.9 Å². The first kappa shape index (κ1) is 11.7. The molecule has 0 bridgehead atoms. The smallest absolute Gasteiger partial charge is 0.246 e. The van der Waals surface area contributed by atoms with Crippen molar-refractivity contribution in [2.24, 2.45) is 5.84 Å². The first-order valence-corrected chi connectivity index (χ1v) is 5.04. The minimum atomic E-state index is -0.138. The molecule has 0 spiro atoms. The number of nitrogens with one attached hydrogen (secondary N) is 1. The second-order valence-electron chi connectivity index (χ2n) is 2.35. The van der Waals surface area contributed by atoms with Gasteiger partial charge in [0.15, 0.2) is 0 Å². The second-order valence-corrected chi connectivity index (χ2v) is 3.66. The van der Waals surface area contributed by atoms with Crippen molar-refractivity contribution in [3.63, 3.8) is 0 Å². The van der Waals surface area contributed by atoms with Crippen LogP contribution < -0.4 is 11.3 Å². The molecule has 0 aliphatic rings. The number of aliphatic hydroxyl groups is 1. The van der Waals surface area contributed by atoms with Crippen molar-refractivity contribution in [1.82, 2.24) is 5.43 Å². The van der Waals surface area contributed by atoms with Crippen LogP contribution in [0.25, 0.3) is 0 Å². The molecular weight excluding hydrogens is 176 g/mol. The van der Waals surface area contributed by atoms with Crippen LogP contribution in [0.3, 0.4) is 0 Å². The maximum Gasteiger partial charge on any atom is 0.246 e. The summed E-state index contributed by atoms with van der Waals surface area (Å²) in [5.41, 5.74) is 2.12. The van der Waals surface area contributed by atoms with Gasteiger partial charge in [-0.1, -0.05) is 6.92 Å². The number of hydrogen-bond acceptors (Lipinski definition) is 4. The molecule has 72 valence electrons. The zero-order valence-electron chi connectivity index (χ0n) is 7.25. The topological polar surface area (TPSA) is 75.3 Å². The van der Waals surface area contributed by atoms with Gasteiger partial charge < -0.3 is 5.11 Å². The van der Waals surface area contributed by atoms with Crippen molar-refractivity contribution in [2.75, 3.05) is 12.4 Å². The maximum atomic E-state index is 11.0. The molecule has 1 atom stereocenters. The van der Waals surface area contributed by atoms with Gasteiger partial charge in [0.2, 0.25) is 5.91 Å². The first-order chi connectivity index (χ1) is 5.76. The molecule has 0 rings (SSSR count). The normalized spacial score (nSPS) is 12.6. The number of amides is 1. The fraction of sp³-hybridized carbons (Fsp3) is 0.857. The van der Waals surface area contributed by atoms with Gasteiger partial charge >= 0.3 is 0 Å². The number of thioether (sulfide) groups is 1. The third-order valence-electron chi connectivity index (χ3n) is 1.43. The van der Waals surface area contributed by atoms with Crippen molar-refractivity contribution in [1.29, 1.82) is 0 Å². The van der Waals surface area contributed by atoms with E-state index in [0.717, 1.165) is 18.6 Å². The first-order valence-electron chi connectivity index (χ1n) is 3.99. The monoisotopic (exact) mass is 192 g/mol. The Morgan fingerprint density at radius 2 is 2.42 bits per heavy atom. The van der Waals surface area contributed by atoms with Crippen LogP contribution in [0.4, 0.5) is 0 Å². The van der Waals surface area contributed by atoms with Crippen molar-refractivity contribution >= 4 is 17.7 Å². The van der Waals surface area contributed by atoms with Crippen LogP contribution >= 0.6 is 11.8 Å². The van der Waals surface area contributed by atoms with Crippen LogP contribution in [0.15, 0.2) is 0 Å². The Kier molecular flexibility index (Phi) is 7.23. The molecule has 0 saturated carbocycles. The molecule has 0 heterocycles. The molecule has 1 unspecified atom stereocenters. The number of hydrogen-bond donors (Lipinski definition) is 3. The third kappa shape index (κ3) is 4.58. The van der Waals surface area contributed by atoms with E-state index in [2.05, 4.69) is 5.43 Å². The molecule has 12 heavy (non-hydrogen) atoms. The van der Waals surface area contributed by atoms with Crippen molar-refractivity contribution in [2.45, 2.75) is 25.0 Å². The number of hydrazine groups is 1. The van der Waals surface area contributed by atoms with Gasteiger partial charge in [0.25, 0.3) is 0 Å². The van der Waals surface area contributed by atoms with Gasteiger partial charge in [0.05, 0.1) is 5.25 Å². The third-order valence-corrected chi connectivity index (χ3v) is 2.90.